The van der Waals surface area contributed by atoms with E-state index in [1.165, 1.54) is 13.4 Å². The second kappa shape index (κ2) is 9.80. The van der Waals surface area contributed by atoms with E-state index in [0.717, 1.165) is 11.3 Å². The topological polar surface area (TPSA) is 105 Å². The van der Waals surface area contributed by atoms with Crippen molar-refractivity contribution in [3.63, 3.8) is 0 Å². The molecule has 0 aliphatic rings. The van der Waals surface area contributed by atoms with Crippen LogP contribution in [0.15, 0.2) is 59.3 Å². The van der Waals surface area contributed by atoms with E-state index in [-0.39, 0.29) is 11.5 Å². The normalized spacial score (nSPS) is 11.4. The minimum absolute atomic E-state index is 0.114. The smallest absolute Gasteiger partial charge is 0.319 e. The Hall–Kier alpha value is -3.52. The van der Waals surface area contributed by atoms with Gasteiger partial charge in [0, 0.05) is 24.2 Å². The van der Waals surface area contributed by atoms with Crippen LogP contribution in [0.3, 0.4) is 0 Å². The number of hydrogen-bond acceptors (Lipinski definition) is 5. The Kier molecular flexibility index (Phi) is 6.92. The van der Waals surface area contributed by atoms with Crippen molar-refractivity contribution in [2.45, 2.75) is 12.5 Å². The fraction of sp³-hybridized carbons (Fsp3) is 0.190. The molecule has 8 nitrogen and oxygen atoms in total. The van der Waals surface area contributed by atoms with Gasteiger partial charge in [0.25, 0.3) is 5.91 Å². The standard InChI is InChI=1S/C21H21ClN4O4/c1-23-20(27)18-19(30-12-24-18)17(11-13-3-9-16(29-2)10-4-13)26-21(28)25-15-7-5-14(22)6-8-15/h3-10,12,17H,11H2,1-2H3,(H,23,27)(H2,25,26,28)/t17-/m0/s1. The number of carbonyl (C=O) groups is 2. The number of methoxy groups -OCH3 is 1. The van der Waals surface area contributed by atoms with Gasteiger partial charge in [0.2, 0.25) is 0 Å². The minimum Gasteiger partial charge on any atom is -0.497 e. The fourth-order valence-electron chi connectivity index (χ4n) is 2.86. The second-order valence-corrected chi connectivity index (χ2v) is 6.79. The number of oxazole rings is 1. The lowest BCUT2D eigenvalue weighted by atomic mass is 10.0. The van der Waals surface area contributed by atoms with E-state index in [0.29, 0.717) is 17.1 Å². The highest BCUT2D eigenvalue weighted by Gasteiger charge is 2.26. The predicted molar refractivity (Wildman–Crippen MR) is 113 cm³/mol. The maximum atomic E-state index is 12.6. The molecule has 3 rings (SSSR count). The van der Waals surface area contributed by atoms with Gasteiger partial charge in [-0.15, -0.1) is 0 Å². The molecule has 1 heterocycles. The Balaban J connectivity index is 1.82. The molecule has 3 aromatic rings. The van der Waals surface area contributed by atoms with Crippen molar-refractivity contribution in [3.05, 3.63) is 77.0 Å². The summed E-state index contributed by atoms with van der Waals surface area (Å²) in [5, 5.41) is 8.67. The van der Waals surface area contributed by atoms with Crippen molar-refractivity contribution in [3.8, 4) is 5.75 Å². The molecule has 1 atom stereocenters. The average molecular weight is 429 g/mol. The first-order valence-electron chi connectivity index (χ1n) is 9.11. The third kappa shape index (κ3) is 5.30. The van der Waals surface area contributed by atoms with Gasteiger partial charge in [-0.3, -0.25) is 4.79 Å². The Morgan fingerprint density at radius 3 is 2.47 bits per heavy atom. The van der Waals surface area contributed by atoms with E-state index < -0.39 is 18.0 Å². The molecule has 0 spiro atoms. The highest BCUT2D eigenvalue weighted by atomic mass is 35.5. The number of urea groups is 1. The Bertz CT molecular complexity index is 1000. The van der Waals surface area contributed by atoms with Crippen molar-refractivity contribution in [2.24, 2.45) is 0 Å². The Morgan fingerprint density at radius 1 is 1.13 bits per heavy atom. The lowest BCUT2D eigenvalue weighted by Gasteiger charge is -2.18. The number of rotatable bonds is 7. The van der Waals surface area contributed by atoms with Gasteiger partial charge in [0.15, 0.2) is 17.8 Å². The summed E-state index contributed by atoms with van der Waals surface area (Å²) in [4.78, 5) is 28.8. The molecule has 0 saturated heterocycles. The van der Waals surface area contributed by atoms with Crippen molar-refractivity contribution < 1.29 is 18.7 Å². The lowest BCUT2D eigenvalue weighted by molar-refractivity contribution is 0.0955. The number of nitrogens with one attached hydrogen (secondary N) is 3. The zero-order valence-electron chi connectivity index (χ0n) is 16.4. The lowest BCUT2D eigenvalue weighted by Crippen LogP contribution is -2.35. The summed E-state index contributed by atoms with van der Waals surface area (Å²) in [5.74, 6) is 0.573. The molecule has 3 amide bonds. The fourth-order valence-corrected chi connectivity index (χ4v) is 2.98. The van der Waals surface area contributed by atoms with Gasteiger partial charge >= 0.3 is 6.03 Å². The molecule has 0 aliphatic heterocycles. The monoisotopic (exact) mass is 428 g/mol. The SMILES string of the molecule is CNC(=O)c1ncoc1[C@H](Cc1ccc(OC)cc1)NC(=O)Nc1ccc(Cl)cc1. The van der Waals surface area contributed by atoms with Gasteiger partial charge < -0.3 is 25.1 Å². The summed E-state index contributed by atoms with van der Waals surface area (Å²) in [6.45, 7) is 0. The number of nitrogens with zero attached hydrogens (tertiary/aromatic N) is 1. The maximum absolute atomic E-state index is 12.6. The van der Waals surface area contributed by atoms with Crippen LogP contribution in [0.4, 0.5) is 10.5 Å². The molecule has 2 aromatic carbocycles. The zero-order valence-corrected chi connectivity index (χ0v) is 17.2. The Labute approximate surface area is 178 Å². The van der Waals surface area contributed by atoms with Crippen LogP contribution in [0, 0.1) is 0 Å². The van der Waals surface area contributed by atoms with E-state index in [1.54, 1.807) is 31.4 Å². The molecule has 0 radical (unpaired) electrons. The summed E-state index contributed by atoms with van der Waals surface area (Å²) in [6, 6.07) is 13.0. The van der Waals surface area contributed by atoms with Gasteiger partial charge in [-0.25, -0.2) is 9.78 Å². The number of anilines is 1. The van der Waals surface area contributed by atoms with Crippen LogP contribution >= 0.6 is 11.6 Å². The maximum Gasteiger partial charge on any atom is 0.319 e. The summed E-state index contributed by atoms with van der Waals surface area (Å²) >= 11 is 5.88. The van der Waals surface area contributed by atoms with Gasteiger partial charge in [0.05, 0.1) is 13.2 Å². The van der Waals surface area contributed by atoms with E-state index in [2.05, 4.69) is 20.9 Å². The summed E-state index contributed by atoms with van der Waals surface area (Å²) < 4.78 is 10.7. The van der Waals surface area contributed by atoms with Gasteiger partial charge in [0.1, 0.15) is 5.75 Å². The molecule has 0 saturated carbocycles. The third-order valence-electron chi connectivity index (χ3n) is 4.36. The second-order valence-electron chi connectivity index (χ2n) is 6.35. The summed E-state index contributed by atoms with van der Waals surface area (Å²) in [5.41, 5.74) is 1.60. The van der Waals surface area contributed by atoms with Crippen LogP contribution in [-0.2, 0) is 6.42 Å². The highest BCUT2D eigenvalue weighted by molar-refractivity contribution is 6.30. The van der Waals surface area contributed by atoms with Crippen molar-refractivity contribution in [1.82, 2.24) is 15.6 Å². The van der Waals surface area contributed by atoms with E-state index >= 15 is 0 Å². The van der Waals surface area contributed by atoms with Crippen LogP contribution < -0.4 is 20.7 Å². The number of halogens is 1. The quantitative estimate of drug-likeness (QED) is 0.530. The first kappa shape index (κ1) is 21.2. The number of aromatic nitrogens is 1. The molecule has 3 N–H and O–H groups in total. The molecular weight excluding hydrogens is 408 g/mol. The number of carbonyl (C=O) groups excluding carboxylic acids is 2. The van der Waals surface area contributed by atoms with Crippen molar-refractivity contribution in [2.75, 3.05) is 19.5 Å². The zero-order chi connectivity index (χ0) is 21.5. The molecule has 0 unspecified atom stereocenters. The van der Waals surface area contributed by atoms with Crippen LogP contribution in [-0.4, -0.2) is 31.1 Å². The van der Waals surface area contributed by atoms with E-state index in [1.807, 2.05) is 24.3 Å². The average Bonchev–Trinajstić information content (AvgIpc) is 3.25. The molecule has 30 heavy (non-hydrogen) atoms. The summed E-state index contributed by atoms with van der Waals surface area (Å²) in [7, 11) is 3.09. The van der Waals surface area contributed by atoms with Crippen molar-refractivity contribution >= 4 is 29.2 Å². The molecule has 9 heteroatoms. The van der Waals surface area contributed by atoms with E-state index in [4.69, 9.17) is 20.8 Å². The molecule has 156 valence electrons. The number of hydrogen-bond donors (Lipinski definition) is 3. The van der Waals surface area contributed by atoms with Crippen LogP contribution in [0.2, 0.25) is 5.02 Å². The number of ether oxygens (including phenoxy) is 1. The molecule has 0 bridgehead atoms. The molecular formula is C21H21ClN4O4. The van der Waals surface area contributed by atoms with Crippen LogP contribution in [0.5, 0.6) is 5.75 Å². The third-order valence-corrected chi connectivity index (χ3v) is 4.61. The van der Waals surface area contributed by atoms with Gasteiger partial charge in [-0.1, -0.05) is 23.7 Å². The largest absolute Gasteiger partial charge is 0.497 e. The van der Waals surface area contributed by atoms with E-state index in [9.17, 15) is 9.59 Å². The minimum atomic E-state index is -0.638. The highest BCUT2D eigenvalue weighted by Crippen LogP contribution is 2.24. The van der Waals surface area contributed by atoms with Gasteiger partial charge in [-0.2, -0.15) is 0 Å². The predicted octanol–water partition coefficient (Wildman–Crippen LogP) is 3.80. The first-order valence-corrected chi connectivity index (χ1v) is 9.49. The molecule has 0 fully saturated rings. The van der Waals surface area contributed by atoms with Crippen LogP contribution in [0.25, 0.3) is 0 Å². The first-order chi connectivity index (χ1) is 14.5. The number of amides is 3. The number of benzene rings is 2. The van der Waals surface area contributed by atoms with Crippen molar-refractivity contribution in [1.29, 1.82) is 0 Å². The van der Waals surface area contributed by atoms with Crippen LogP contribution in [0.1, 0.15) is 27.9 Å². The summed E-state index contributed by atoms with van der Waals surface area (Å²) in [6.07, 6.45) is 1.55. The Morgan fingerprint density at radius 2 is 1.83 bits per heavy atom. The molecule has 1 aromatic heterocycles. The molecule has 0 aliphatic carbocycles. The van der Waals surface area contributed by atoms with Gasteiger partial charge in [-0.05, 0) is 42.0 Å².